The number of hydrogen-bond acceptors (Lipinski definition) is 10. The number of nitrogens with two attached hydrogens (primary N) is 4. The minimum absolute atomic E-state index is 0.0549. The number of hydrogen-bond donors (Lipinski definition) is 8. The average molecular weight is 509 g/mol. The van der Waals surface area contributed by atoms with E-state index in [0.29, 0.717) is 24.9 Å². The Balaban J connectivity index is 1.51. The maximum atomic E-state index is 13.6. The molecule has 3 rings (SSSR count). The smallest absolute Gasteiger partial charge is 0.294 e. The second-order valence-electron chi connectivity index (χ2n) is 10.5. The van der Waals surface area contributed by atoms with Crippen molar-refractivity contribution in [3.63, 3.8) is 0 Å². The van der Waals surface area contributed by atoms with Crippen molar-refractivity contribution in [3.05, 3.63) is 0 Å². The van der Waals surface area contributed by atoms with Crippen molar-refractivity contribution in [3.8, 4) is 0 Å². The van der Waals surface area contributed by atoms with Gasteiger partial charge in [-0.2, -0.15) is 0 Å². The van der Waals surface area contributed by atoms with E-state index in [0.717, 1.165) is 25.8 Å². The molecule has 12 N–H and O–H groups in total. The highest BCUT2D eigenvalue weighted by Crippen LogP contribution is 2.31. The van der Waals surface area contributed by atoms with E-state index in [1.807, 2.05) is 0 Å². The summed E-state index contributed by atoms with van der Waals surface area (Å²) in [6, 6.07) is -1.63. The van der Waals surface area contributed by atoms with E-state index in [1.165, 1.54) is 0 Å². The summed E-state index contributed by atoms with van der Waals surface area (Å²) in [7, 11) is 0. The van der Waals surface area contributed by atoms with Crippen LogP contribution < -0.4 is 33.6 Å². The molecule has 0 radical (unpaired) electrons. The van der Waals surface area contributed by atoms with Gasteiger partial charge in [0.2, 0.25) is 0 Å². The zero-order chi connectivity index (χ0) is 25.9. The zero-order valence-corrected chi connectivity index (χ0v) is 20.2. The van der Waals surface area contributed by atoms with E-state index in [-0.39, 0.29) is 18.6 Å². The lowest BCUT2D eigenvalue weighted by atomic mass is 9.78. The molecule has 2 saturated carbocycles. The number of aliphatic hydroxyl groups excluding tert-OH is 2. The van der Waals surface area contributed by atoms with E-state index < -0.39 is 61.0 Å². The number of halogens is 2. The molecule has 3 aliphatic rings. The Bertz CT molecular complexity index is 703. The third-order valence-corrected chi connectivity index (χ3v) is 7.53. The monoisotopic (exact) mass is 508 g/mol. The first kappa shape index (κ1) is 28.5. The first-order chi connectivity index (χ1) is 16.4. The summed E-state index contributed by atoms with van der Waals surface area (Å²) >= 11 is 0. The fourth-order valence-electron chi connectivity index (χ4n) is 5.17. The van der Waals surface area contributed by atoms with Crippen LogP contribution in [-0.2, 0) is 14.3 Å². The Hall–Kier alpha value is -1.03. The minimum Gasteiger partial charge on any atom is -0.391 e. The van der Waals surface area contributed by atoms with E-state index >= 15 is 0 Å². The van der Waals surface area contributed by atoms with Crippen LogP contribution in [0.15, 0.2) is 0 Å². The first-order valence-corrected chi connectivity index (χ1v) is 12.5. The van der Waals surface area contributed by atoms with Gasteiger partial charge in [-0.3, -0.25) is 4.79 Å². The zero-order valence-electron chi connectivity index (χ0n) is 20.2. The van der Waals surface area contributed by atoms with Crippen molar-refractivity contribution in [1.29, 1.82) is 0 Å². The summed E-state index contributed by atoms with van der Waals surface area (Å²) in [5.74, 6) is -5.07. The lowest BCUT2D eigenvalue weighted by molar-refractivity contribution is -0.243. The van der Waals surface area contributed by atoms with Crippen molar-refractivity contribution in [1.82, 2.24) is 10.6 Å². The first-order valence-electron chi connectivity index (χ1n) is 12.5. The fraction of sp³-hybridized carbons (Fsp3) is 0.955. The Morgan fingerprint density at radius 1 is 1.17 bits per heavy atom. The summed E-state index contributed by atoms with van der Waals surface area (Å²) < 4.78 is 39.4. The van der Waals surface area contributed by atoms with Crippen molar-refractivity contribution in [2.24, 2.45) is 34.8 Å². The number of carbonyl (C=O) groups excluding carboxylic acids is 1. The van der Waals surface area contributed by atoms with Gasteiger partial charge < -0.3 is 53.3 Å². The van der Waals surface area contributed by atoms with Gasteiger partial charge in [0, 0.05) is 24.5 Å². The highest BCUT2D eigenvalue weighted by Gasteiger charge is 2.47. The number of amides is 1. The molecule has 1 amide bonds. The van der Waals surface area contributed by atoms with E-state index in [2.05, 4.69) is 10.6 Å². The van der Waals surface area contributed by atoms with E-state index in [4.69, 9.17) is 32.4 Å². The molecular weight excluding hydrogens is 466 g/mol. The SMILES string of the molecule is CC1C(O)C(NC(=O)C(O)C(F)(F)CN)CC(N)C1OC1OC(CNCC2CC(N)C2)CCC1N. The highest BCUT2D eigenvalue weighted by atomic mass is 19.3. The lowest BCUT2D eigenvalue weighted by Crippen LogP contribution is -2.63. The summed E-state index contributed by atoms with van der Waals surface area (Å²) in [5.41, 5.74) is 23.3. The van der Waals surface area contributed by atoms with Gasteiger partial charge in [-0.25, -0.2) is 8.78 Å². The molecule has 11 nitrogen and oxygen atoms in total. The molecule has 204 valence electrons. The molecule has 1 heterocycles. The molecule has 3 fully saturated rings. The number of ether oxygens (including phenoxy) is 2. The van der Waals surface area contributed by atoms with Crippen LogP contribution in [0.2, 0.25) is 0 Å². The number of rotatable bonds is 10. The van der Waals surface area contributed by atoms with Crippen LogP contribution in [0.5, 0.6) is 0 Å². The average Bonchev–Trinajstić information content (AvgIpc) is 2.79. The second-order valence-corrected chi connectivity index (χ2v) is 10.5. The van der Waals surface area contributed by atoms with Gasteiger partial charge in [-0.15, -0.1) is 0 Å². The van der Waals surface area contributed by atoms with Gasteiger partial charge in [0.25, 0.3) is 11.8 Å². The van der Waals surface area contributed by atoms with Gasteiger partial charge in [-0.05, 0) is 44.6 Å². The van der Waals surface area contributed by atoms with Crippen LogP contribution in [0.4, 0.5) is 8.78 Å². The molecule has 9 atom stereocenters. The van der Waals surface area contributed by atoms with Crippen LogP contribution in [0.3, 0.4) is 0 Å². The number of carbonyl (C=O) groups is 1. The molecule has 1 aliphatic heterocycles. The molecule has 1 saturated heterocycles. The largest absolute Gasteiger partial charge is 0.391 e. The molecule has 0 bridgehead atoms. The van der Waals surface area contributed by atoms with Crippen LogP contribution in [0, 0.1) is 11.8 Å². The molecular formula is C22H42F2N6O5. The van der Waals surface area contributed by atoms with Gasteiger partial charge >= 0.3 is 0 Å². The third kappa shape index (κ3) is 7.05. The highest BCUT2D eigenvalue weighted by molar-refractivity contribution is 5.82. The van der Waals surface area contributed by atoms with Crippen molar-refractivity contribution < 1.29 is 33.3 Å². The minimum atomic E-state index is -3.78. The molecule has 35 heavy (non-hydrogen) atoms. The summed E-state index contributed by atoms with van der Waals surface area (Å²) in [6.07, 6.45) is -1.58. The van der Waals surface area contributed by atoms with Gasteiger partial charge in [0.15, 0.2) is 12.4 Å². The molecule has 9 unspecified atom stereocenters. The molecule has 0 spiro atoms. The maximum absolute atomic E-state index is 13.6. The second kappa shape index (κ2) is 12.0. The Kier molecular flexibility index (Phi) is 9.79. The van der Waals surface area contributed by atoms with Gasteiger partial charge in [0.05, 0.1) is 36.9 Å². The van der Waals surface area contributed by atoms with Crippen molar-refractivity contribution in [2.45, 2.75) is 99.8 Å². The molecule has 2 aliphatic carbocycles. The normalized spacial score (nSPS) is 41.2. The topological polar surface area (TPSA) is 204 Å². The molecule has 0 aromatic heterocycles. The van der Waals surface area contributed by atoms with Crippen LogP contribution in [0.1, 0.15) is 39.0 Å². The van der Waals surface area contributed by atoms with Gasteiger partial charge in [0.1, 0.15) is 0 Å². The van der Waals surface area contributed by atoms with Crippen molar-refractivity contribution >= 4 is 5.91 Å². The van der Waals surface area contributed by atoms with Gasteiger partial charge in [-0.1, -0.05) is 6.92 Å². The summed E-state index contributed by atoms with van der Waals surface area (Å²) in [4.78, 5) is 12.1. The number of nitrogens with one attached hydrogen (secondary N) is 2. The lowest BCUT2D eigenvalue weighted by Gasteiger charge is -2.45. The summed E-state index contributed by atoms with van der Waals surface area (Å²) in [5, 5.41) is 26.1. The summed E-state index contributed by atoms with van der Waals surface area (Å²) in [6.45, 7) is 2.06. The van der Waals surface area contributed by atoms with Crippen molar-refractivity contribution in [2.75, 3.05) is 19.6 Å². The number of alkyl halides is 2. The predicted molar refractivity (Wildman–Crippen MR) is 124 cm³/mol. The van der Waals surface area contributed by atoms with E-state index in [1.54, 1.807) is 6.92 Å². The fourth-order valence-corrected chi connectivity index (χ4v) is 5.17. The van der Waals surface area contributed by atoms with Crippen LogP contribution in [0.25, 0.3) is 0 Å². The number of aliphatic hydroxyl groups is 2. The Morgan fingerprint density at radius 3 is 2.49 bits per heavy atom. The third-order valence-electron chi connectivity index (χ3n) is 7.53. The van der Waals surface area contributed by atoms with Crippen LogP contribution in [-0.4, -0.2) is 96.6 Å². The molecule has 13 heteroatoms. The maximum Gasteiger partial charge on any atom is 0.294 e. The van der Waals surface area contributed by atoms with E-state index in [9.17, 15) is 23.8 Å². The quantitative estimate of drug-likeness (QED) is 0.158. The predicted octanol–water partition coefficient (Wildman–Crippen LogP) is -2.30. The Labute approximate surface area is 204 Å². The molecule has 0 aromatic carbocycles. The standard InChI is InChI=1S/C22H42F2N6O5/c1-10-17(31)16(30-20(33)19(32)22(23,24)9-25)6-15(28)18(10)35-21-14(27)3-2-13(34-21)8-29-7-11-4-12(26)5-11/h10-19,21,29,31-32H,2-9,25-28H2,1H3,(H,30,33). The Morgan fingerprint density at radius 2 is 1.86 bits per heavy atom. The molecule has 0 aromatic rings. The van der Waals surface area contributed by atoms with Crippen LogP contribution >= 0.6 is 0 Å².